The van der Waals surface area contributed by atoms with Crippen LogP contribution in [0, 0.1) is 6.92 Å². The fraction of sp³-hybridized carbons (Fsp3) is 0.333. The van der Waals surface area contributed by atoms with Crippen LogP contribution < -0.4 is 4.74 Å². The molecule has 30 heavy (non-hydrogen) atoms. The third-order valence-electron chi connectivity index (χ3n) is 5.34. The van der Waals surface area contributed by atoms with E-state index in [9.17, 15) is 35.1 Å². The van der Waals surface area contributed by atoms with Crippen molar-refractivity contribution >= 4 is 11.6 Å². The van der Waals surface area contributed by atoms with Crippen LogP contribution in [0.15, 0.2) is 24.3 Å². The van der Waals surface area contributed by atoms with Crippen molar-refractivity contribution in [3.63, 3.8) is 0 Å². The van der Waals surface area contributed by atoms with Crippen LogP contribution in [0.5, 0.6) is 17.2 Å². The minimum atomic E-state index is -1.61. The van der Waals surface area contributed by atoms with Gasteiger partial charge in [-0.15, -0.1) is 0 Å². The monoisotopic (exact) mass is 416 g/mol. The molecule has 1 heterocycles. The number of carbonyl (C=O) groups excluding carboxylic acids is 2. The van der Waals surface area contributed by atoms with E-state index in [0.717, 1.165) is 12.1 Å². The lowest BCUT2D eigenvalue weighted by Crippen LogP contribution is -2.58. The molecule has 5 unspecified atom stereocenters. The Labute approximate surface area is 170 Å². The second-order valence-electron chi connectivity index (χ2n) is 7.53. The summed E-state index contributed by atoms with van der Waals surface area (Å²) in [4.78, 5) is 26.1. The van der Waals surface area contributed by atoms with Crippen molar-refractivity contribution in [1.29, 1.82) is 0 Å². The molecule has 1 aliphatic carbocycles. The summed E-state index contributed by atoms with van der Waals surface area (Å²) in [6.07, 6.45) is -6.75. The predicted molar refractivity (Wildman–Crippen MR) is 101 cm³/mol. The van der Waals surface area contributed by atoms with Gasteiger partial charge in [0, 0.05) is 17.2 Å². The number of phenols is 2. The Bertz CT molecular complexity index is 1060. The highest BCUT2D eigenvalue weighted by molar-refractivity contribution is 6.30. The van der Waals surface area contributed by atoms with E-state index < -0.39 is 48.0 Å². The molecular weight excluding hydrogens is 396 g/mol. The number of carbonyl (C=O) groups is 2. The fourth-order valence-electron chi connectivity index (χ4n) is 3.80. The number of benzene rings is 2. The van der Waals surface area contributed by atoms with E-state index in [1.54, 1.807) is 6.92 Å². The molecule has 0 spiro atoms. The lowest BCUT2D eigenvalue weighted by Gasteiger charge is -2.39. The van der Waals surface area contributed by atoms with Gasteiger partial charge in [-0.2, -0.15) is 0 Å². The third kappa shape index (κ3) is 3.03. The number of phenolic OH excluding ortho intramolecular Hbond substituents is 2. The average molecular weight is 416 g/mol. The van der Waals surface area contributed by atoms with Gasteiger partial charge in [-0.1, -0.05) is 0 Å². The SMILES string of the molecule is Cc1cc(OC2OC(C)C(O)C(O)C2O)c2c(c1)C(=O)c1cc(O)cc(O)c1C2=O. The fourth-order valence-corrected chi connectivity index (χ4v) is 3.80. The Balaban J connectivity index is 1.81. The Morgan fingerprint density at radius 3 is 2.23 bits per heavy atom. The Morgan fingerprint density at radius 2 is 1.53 bits per heavy atom. The van der Waals surface area contributed by atoms with Gasteiger partial charge < -0.3 is 35.0 Å². The second kappa shape index (κ2) is 7.06. The zero-order valence-corrected chi connectivity index (χ0v) is 16.1. The predicted octanol–water partition coefficient (Wildman–Crippen LogP) is 0.388. The Hall–Kier alpha value is -2.98. The summed E-state index contributed by atoms with van der Waals surface area (Å²) in [5, 5.41) is 49.9. The first kappa shape index (κ1) is 20.3. The van der Waals surface area contributed by atoms with Crippen LogP contribution >= 0.6 is 0 Å². The van der Waals surface area contributed by atoms with Crippen LogP contribution in [-0.2, 0) is 4.74 Å². The minimum Gasteiger partial charge on any atom is -0.508 e. The summed E-state index contributed by atoms with van der Waals surface area (Å²) in [6.45, 7) is 3.15. The lowest BCUT2D eigenvalue weighted by atomic mass is 9.82. The van der Waals surface area contributed by atoms with E-state index in [4.69, 9.17) is 9.47 Å². The van der Waals surface area contributed by atoms with Crippen molar-refractivity contribution < 1.29 is 44.6 Å². The van der Waals surface area contributed by atoms with E-state index in [2.05, 4.69) is 0 Å². The van der Waals surface area contributed by atoms with Gasteiger partial charge in [-0.3, -0.25) is 9.59 Å². The zero-order valence-electron chi connectivity index (χ0n) is 16.1. The molecule has 2 aromatic rings. The van der Waals surface area contributed by atoms with Gasteiger partial charge in [0.1, 0.15) is 35.6 Å². The molecule has 1 aliphatic heterocycles. The topological polar surface area (TPSA) is 154 Å². The van der Waals surface area contributed by atoms with Crippen molar-refractivity contribution in [2.45, 2.75) is 44.6 Å². The molecule has 2 aliphatic rings. The first-order valence-electron chi connectivity index (χ1n) is 9.26. The maximum absolute atomic E-state index is 13.2. The number of aliphatic hydroxyl groups is 3. The molecule has 158 valence electrons. The van der Waals surface area contributed by atoms with Crippen molar-refractivity contribution in [3.8, 4) is 17.2 Å². The summed E-state index contributed by atoms with van der Waals surface area (Å²) < 4.78 is 11.1. The molecule has 0 amide bonds. The molecule has 5 N–H and O–H groups in total. The highest BCUT2D eigenvalue weighted by atomic mass is 16.7. The highest BCUT2D eigenvalue weighted by Gasteiger charge is 2.44. The number of hydrogen-bond acceptors (Lipinski definition) is 9. The summed E-state index contributed by atoms with van der Waals surface area (Å²) in [5.74, 6) is -2.29. The first-order valence-corrected chi connectivity index (χ1v) is 9.26. The largest absolute Gasteiger partial charge is 0.508 e. The van der Waals surface area contributed by atoms with Gasteiger partial charge in [-0.25, -0.2) is 0 Å². The van der Waals surface area contributed by atoms with Crippen LogP contribution in [0.25, 0.3) is 0 Å². The standard InChI is InChI=1S/C21H20O9/c1-7-3-10-15(18(26)14-11(17(10)25)5-9(22)6-12(14)23)13(4-7)30-21-20(28)19(27)16(24)8(2)29-21/h3-6,8,16,19-24,27-28H,1-2H3. The average Bonchev–Trinajstić information content (AvgIpc) is 2.67. The van der Waals surface area contributed by atoms with Crippen molar-refractivity contribution in [2.24, 2.45) is 0 Å². The highest BCUT2D eigenvalue weighted by Crippen LogP contribution is 2.40. The number of rotatable bonds is 2. The normalized spacial score (nSPS) is 28.1. The molecule has 1 saturated heterocycles. The van der Waals surface area contributed by atoms with Gasteiger partial charge in [0.05, 0.1) is 17.2 Å². The van der Waals surface area contributed by atoms with Crippen LogP contribution in [0.2, 0.25) is 0 Å². The summed E-state index contributed by atoms with van der Waals surface area (Å²) >= 11 is 0. The van der Waals surface area contributed by atoms with Crippen molar-refractivity contribution in [1.82, 2.24) is 0 Å². The van der Waals surface area contributed by atoms with E-state index >= 15 is 0 Å². The Morgan fingerprint density at radius 1 is 0.867 bits per heavy atom. The number of aryl methyl sites for hydroxylation is 1. The van der Waals surface area contributed by atoms with Crippen molar-refractivity contribution in [2.75, 3.05) is 0 Å². The molecule has 0 saturated carbocycles. The van der Waals surface area contributed by atoms with E-state index in [0.29, 0.717) is 5.56 Å². The van der Waals surface area contributed by atoms with Gasteiger partial charge in [-0.05, 0) is 37.6 Å². The summed E-state index contributed by atoms with van der Waals surface area (Å²) in [5.41, 5.74) is 0.0295. The molecule has 0 bridgehead atoms. The van der Waals surface area contributed by atoms with Gasteiger partial charge in [0.2, 0.25) is 12.1 Å². The van der Waals surface area contributed by atoms with E-state index in [1.807, 2.05) is 0 Å². The van der Waals surface area contributed by atoms with Crippen LogP contribution in [-0.4, -0.2) is 67.8 Å². The maximum atomic E-state index is 13.2. The molecule has 9 heteroatoms. The van der Waals surface area contributed by atoms with Crippen LogP contribution in [0.4, 0.5) is 0 Å². The molecule has 0 radical (unpaired) electrons. The zero-order chi connectivity index (χ0) is 21.9. The number of aliphatic hydroxyl groups excluding tert-OH is 3. The summed E-state index contributed by atoms with van der Waals surface area (Å²) in [7, 11) is 0. The third-order valence-corrected chi connectivity index (χ3v) is 5.34. The molecule has 4 rings (SSSR count). The minimum absolute atomic E-state index is 0.00595. The molecule has 0 aromatic heterocycles. The van der Waals surface area contributed by atoms with Gasteiger partial charge >= 0.3 is 0 Å². The number of ether oxygens (including phenoxy) is 2. The Kier molecular flexibility index (Phi) is 4.78. The van der Waals surface area contributed by atoms with Crippen LogP contribution in [0.3, 0.4) is 0 Å². The van der Waals surface area contributed by atoms with Gasteiger partial charge in [0.15, 0.2) is 5.78 Å². The molecule has 2 aromatic carbocycles. The van der Waals surface area contributed by atoms with E-state index in [1.165, 1.54) is 19.1 Å². The lowest BCUT2D eigenvalue weighted by molar-refractivity contribution is -0.268. The van der Waals surface area contributed by atoms with E-state index in [-0.39, 0.29) is 33.8 Å². The number of aromatic hydroxyl groups is 2. The first-order chi connectivity index (χ1) is 14.1. The maximum Gasteiger partial charge on any atom is 0.229 e. The second-order valence-corrected chi connectivity index (χ2v) is 7.53. The molecular formula is C21H20O9. The number of fused-ring (bicyclic) bond motifs is 2. The quantitative estimate of drug-likeness (QED) is 0.399. The smallest absolute Gasteiger partial charge is 0.229 e. The van der Waals surface area contributed by atoms with Gasteiger partial charge in [0.25, 0.3) is 0 Å². The van der Waals surface area contributed by atoms with Crippen molar-refractivity contribution in [3.05, 3.63) is 52.1 Å². The summed E-state index contributed by atoms with van der Waals surface area (Å²) in [6, 6.07) is 5.00. The number of hydrogen-bond donors (Lipinski definition) is 5. The molecule has 9 nitrogen and oxygen atoms in total. The van der Waals surface area contributed by atoms with Crippen LogP contribution in [0.1, 0.15) is 44.3 Å². The molecule has 5 atom stereocenters. The number of ketones is 2. The molecule has 1 fully saturated rings.